The molecule has 0 radical (unpaired) electrons. The summed E-state index contributed by atoms with van der Waals surface area (Å²) in [6.07, 6.45) is 3.16. The van der Waals surface area contributed by atoms with Crippen LogP contribution in [0.5, 0.6) is 0 Å². The summed E-state index contributed by atoms with van der Waals surface area (Å²) in [7, 11) is 0. The summed E-state index contributed by atoms with van der Waals surface area (Å²) < 4.78 is 0. The first kappa shape index (κ1) is 22.9. The lowest BCUT2D eigenvalue weighted by Gasteiger charge is -2.33. The first-order valence-corrected chi connectivity index (χ1v) is 8.06. The van der Waals surface area contributed by atoms with Crippen molar-refractivity contribution in [3.63, 3.8) is 0 Å². The number of halogens is 2. The molecule has 6 nitrogen and oxygen atoms in total. The van der Waals surface area contributed by atoms with Crippen molar-refractivity contribution in [3.8, 4) is 0 Å². The molecule has 1 saturated heterocycles. The first-order valence-electron chi connectivity index (χ1n) is 8.06. The van der Waals surface area contributed by atoms with E-state index in [1.54, 1.807) is 0 Å². The van der Waals surface area contributed by atoms with Gasteiger partial charge in [0.15, 0.2) is 0 Å². The number of carbonyl (C=O) groups excluding carboxylic acids is 1. The molecule has 0 aromatic carbocycles. The lowest BCUT2D eigenvalue weighted by molar-refractivity contribution is -0.122. The quantitative estimate of drug-likeness (QED) is 0.820. The van der Waals surface area contributed by atoms with E-state index >= 15 is 0 Å². The second-order valence-electron chi connectivity index (χ2n) is 6.26. The van der Waals surface area contributed by atoms with Crippen molar-refractivity contribution in [2.24, 2.45) is 5.73 Å². The van der Waals surface area contributed by atoms with E-state index in [1.165, 1.54) is 0 Å². The lowest BCUT2D eigenvalue weighted by Crippen LogP contribution is -2.45. The summed E-state index contributed by atoms with van der Waals surface area (Å²) in [5.41, 5.74) is 6.68. The Bertz CT molecular complexity index is 499. The van der Waals surface area contributed by atoms with E-state index in [0.717, 1.165) is 49.7 Å². The number of aromatic nitrogens is 2. The Morgan fingerprint density at radius 1 is 1.33 bits per heavy atom. The minimum absolute atomic E-state index is 0. The van der Waals surface area contributed by atoms with Crippen LogP contribution in [0.2, 0.25) is 0 Å². The van der Waals surface area contributed by atoms with Gasteiger partial charge < -0.3 is 16.0 Å². The highest BCUT2D eigenvalue weighted by atomic mass is 35.5. The monoisotopic (exact) mass is 377 g/mol. The zero-order chi connectivity index (χ0) is 16.1. The van der Waals surface area contributed by atoms with Gasteiger partial charge in [-0.05, 0) is 40.0 Å². The molecule has 1 amide bonds. The predicted molar refractivity (Wildman–Crippen MR) is 102 cm³/mol. The van der Waals surface area contributed by atoms with Crippen LogP contribution in [0.3, 0.4) is 0 Å². The molecule has 0 saturated carbocycles. The zero-order valence-electron chi connectivity index (χ0n) is 14.6. The Labute approximate surface area is 156 Å². The standard InChI is InChI=1S/C16H27N5O.2ClH/c1-11(17)4-5-16(22)20-14-6-8-21(9-7-14)15-10-12(2)18-13(3)19-15;;/h10-11,14H,4-9,17H2,1-3H3,(H,20,22);2*1H. The van der Waals surface area contributed by atoms with Gasteiger partial charge in [0, 0.05) is 43.4 Å². The number of hydrogen-bond acceptors (Lipinski definition) is 5. The topological polar surface area (TPSA) is 84.1 Å². The van der Waals surface area contributed by atoms with Crippen LogP contribution >= 0.6 is 24.8 Å². The third-order valence-electron chi connectivity index (χ3n) is 3.96. The average molecular weight is 378 g/mol. The van der Waals surface area contributed by atoms with Crippen LogP contribution in [0.15, 0.2) is 6.07 Å². The van der Waals surface area contributed by atoms with Gasteiger partial charge in [-0.25, -0.2) is 9.97 Å². The Hall–Kier alpha value is -1.11. The Balaban J connectivity index is 0.00000264. The molecule has 2 heterocycles. The van der Waals surface area contributed by atoms with Gasteiger partial charge in [0.25, 0.3) is 0 Å². The molecule has 1 aromatic heterocycles. The molecule has 0 bridgehead atoms. The highest BCUT2D eigenvalue weighted by Gasteiger charge is 2.21. The summed E-state index contributed by atoms with van der Waals surface area (Å²) in [5, 5.41) is 3.12. The maximum Gasteiger partial charge on any atom is 0.220 e. The average Bonchev–Trinajstić information content (AvgIpc) is 2.45. The molecular formula is C16H29Cl2N5O. The van der Waals surface area contributed by atoms with Crippen molar-refractivity contribution >= 4 is 36.5 Å². The molecule has 138 valence electrons. The molecule has 2 rings (SSSR count). The number of anilines is 1. The van der Waals surface area contributed by atoms with Crippen LogP contribution in [-0.4, -0.2) is 41.0 Å². The van der Waals surface area contributed by atoms with Gasteiger partial charge in [0.1, 0.15) is 11.6 Å². The number of aryl methyl sites for hydroxylation is 2. The minimum Gasteiger partial charge on any atom is -0.356 e. The number of hydrogen-bond donors (Lipinski definition) is 2. The maximum atomic E-state index is 11.9. The van der Waals surface area contributed by atoms with E-state index in [0.29, 0.717) is 6.42 Å². The molecule has 8 heteroatoms. The Morgan fingerprint density at radius 2 is 1.96 bits per heavy atom. The zero-order valence-corrected chi connectivity index (χ0v) is 16.3. The van der Waals surface area contributed by atoms with Gasteiger partial charge in [0.2, 0.25) is 5.91 Å². The molecule has 1 aromatic rings. The number of piperidine rings is 1. The molecule has 0 aliphatic carbocycles. The molecule has 1 unspecified atom stereocenters. The number of rotatable bonds is 5. The van der Waals surface area contributed by atoms with Crippen molar-refractivity contribution in [3.05, 3.63) is 17.6 Å². The second-order valence-corrected chi connectivity index (χ2v) is 6.26. The molecule has 24 heavy (non-hydrogen) atoms. The SMILES string of the molecule is Cc1cc(N2CCC(NC(=O)CCC(C)N)CC2)nc(C)n1.Cl.Cl. The number of nitrogens with one attached hydrogen (secondary N) is 1. The summed E-state index contributed by atoms with van der Waals surface area (Å²) in [5.74, 6) is 1.91. The highest BCUT2D eigenvalue weighted by molar-refractivity contribution is 5.85. The number of nitrogens with two attached hydrogens (primary N) is 1. The second kappa shape index (κ2) is 10.7. The van der Waals surface area contributed by atoms with Gasteiger partial charge in [-0.15, -0.1) is 24.8 Å². The van der Waals surface area contributed by atoms with Crippen LogP contribution in [0.4, 0.5) is 5.82 Å². The van der Waals surface area contributed by atoms with E-state index in [4.69, 9.17) is 5.73 Å². The maximum absolute atomic E-state index is 11.9. The molecule has 1 aliphatic rings. The van der Waals surface area contributed by atoms with Gasteiger partial charge in [-0.2, -0.15) is 0 Å². The van der Waals surface area contributed by atoms with Gasteiger partial charge in [-0.1, -0.05) is 0 Å². The lowest BCUT2D eigenvalue weighted by atomic mass is 10.0. The largest absolute Gasteiger partial charge is 0.356 e. The van der Waals surface area contributed by atoms with Crippen molar-refractivity contribution in [2.75, 3.05) is 18.0 Å². The van der Waals surface area contributed by atoms with Crippen molar-refractivity contribution in [2.45, 2.75) is 58.5 Å². The van der Waals surface area contributed by atoms with Crippen molar-refractivity contribution in [1.82, 2.24) is 15.3 Å². The van der Waals surface area contributed by atoms with E-state index in [9.17, 15) is 4.79 Å². The van der Waals surface area contributed by atoms with E-state index < -0.39 is 0 Å². The van der Waals surface area contributed by atoms with Crippen molar-refractivity contribution in [1.29, 1.82) is 0 Å². The fourth-order valence-corrected chi connectivity index (χ4v) is 2.77. The molecule has 3 N–H and O–H groups in total. The molecule has 1 fully saturated rings. The van der Waals surface area contributed by atoms with Crippen LogP contribution in [0.1, 0.15) is 44.1 Å². The smallest absolute Gasteiger partial charge is 0.220 e. The molecule has 1 aliphatic heterocycles. The summed E-state index contributed by atoms with van der Waals surface area (Å²) in [6, 6.07) is 2.37. The third-order valence-corrected chi connectivity index (χ3v) is 3.96. The molecule has 0 spiro atoms. The Kier molecular flexibility index (Phi) is 10.2. The highest BCUT2D eigenvalue weighted by Crippen LogP contribution is 2.19. The van der Waals surface area contributed by atoms with Crippen LogP contribution in [-0.2, 0) is 4.79 Å². The predicted octanol–water partition coefficient (Wildman–Crippen LogP) is 2.15. The normalized spacial score (nSPS) is 15.9. The summed E-state index contributed by atoms with van der Waals surface area (Å²) >= 11 is 0. The van der Waals surface area contributed by atoms with Gasteiger partial charge in [-0.3, -0.25) is 4.79 Å². The summed E-state index contributed by atoms with van der Waals surface area (Å²) in [4.78, 5) is 22.9. The number of amides is 1. The minimum atomic E-state index is 0. The molecule has 1 atom stereocenters. The van der Waals surface area contributed by atoms with E-state index in [1.807, 2.05) is 26.8 Å². The van der Waals surface area contributed by atoms with Gasteiger partial charge in [0.05, 0.1) is 0 Å². The van der Waals surface area contributed by atoms with Gasteiger partial charge >= 0.3 is 0 Å². The molecular weight excluding hydrogens is 349 g/mol. The summed E-state index contributed by atoms with van der Waals surface area (Å²) in [6.45, 7) is 7.66. The van der Waals surface area contributed by atoms with E-state index in [-0.39, 0.29) is 42.8 Å². The van der Waals surface area contributed by atoms with Crippen LogP contribution < -0.4 is 16.0 Å². The van der Waals surface area contributed by atoms with Crippen LogP contribution in [0.25, 0.3) is 0 Å². The van der Waals surface area contributed by atoms with Crippen molar-refractivity contribution < 1.29 is 4.79 Å². The van der Waals surface area contributed by atoms with E-state index in [2.05, 4.69) is 20.2 Å². The first-order chi connectivity index (χ1) is 10.4. The number of nitrogens with zero attached hydrogens (tertiary/aromatic N) is 3. The number of carbonyl (C=O) groups is 1. The Morgan fingerprint density at radius 3 is 2.50 bits per heavy atom. The fourth-order valence-electron chi connectivity index (χ4n) is 2.77. The third kappa shape index (κ3) is 7.20. The van der Waals surface area contributed by atoms with Crippen LogP contribution in [0, 0.1) is 13.8 Å². The fraction of sp³-hybridized carbons (Fsp3) is 0.688.